The number of rotatable bonds is 4. The Morgan fingerprint density at radius 1 is 1.45 bits per heavy atom. The second kappa shape index (κ2) is 6.34. The van der Waals surface area contributed by atoms with E-state index in [1.54, 1.807) is 19.9 Å². The lowest BCUT2D eigenvalue weighted by molar-refractivity contribution is -0.153. The highest BCUT2D eigenvalue weighted by atomic mass is 19.1. The zero-order chi connectivity index (χ0) is 16.3. The maximum absolute atomic E-state index is 13.6. The lowest BCUT2D eigenvalue weighted by atomic mass is 9.82. The standard InChI is InChI=1S/C16H20FNO4/c1-11-4-5-12(17)13(8-11)22-9-14(19)18-7-3-6-16(2,10-18)15(20)21/h4-5,8H,3,6-7,9-10H2,1-2H3,(H,20,21). The van der Waals surface area contributed by atoms with Gasteiger partial charge in [-0.1, -0.05) is 6.07 Å². The number of amides is 1. The summed E-state index contributed by atoms with van der Waals surface area (Å²) in [6.45, 7) is 3.80. The second-order valence-corrected chi connectivity index (χ2v) is 6.01. The molecule has 5 nitrogen and oxygen atoms in total. The van der Waals surface area contributed by atoms with Crippen molar-refractivity contribution in [3.05, 3.63) is 29.6 Å². The van der Waals surface area contributed by atoms with Crippen LogP contribution in [-0.4, -0.2) is 41.6 Å². The van der Waals surface area contributed by atoms with Crippen molar-refractivity contribution in [2.45, 2.75) is 26.7 Å². The smallest absolute Gasteiger partial charge is 0.311 e. The molecule has 1 unspecified atom stereocenters. The first-order valence-corrected chi connectivity index (χ1v) is 7.22. The van der Waals surface area contributed by atoms with Crippen LogP contribution in [0.4, 0.5) is 4.39 Å². The van der Waals surface area contributed by atoms with Gasteiger partial charge in [0.15, 0.2) is 18.2 Å². The zero-order valence-corrected chi connectivity index (χ0v) is 12.8. The van der Waals surface area contributed by atoms with Crippen molar-refractivity contribution in [1.29, 1.82) is 0 Å². The molecule has 1 heterocycles. The van der Waals surface area contributed by atoms with Crippen LogP contribution in [-0.2, 0) is 9.59 Å². The van der Waals surface area contributed by atoms with E-state index in [0.29, 0.717) is 19.4 Å². The van der Waals surface area contributed by atoms with Crippen molar-refractivity contribution in [2.75, 3.05) is 19.7 Å². The maximum Gasteiger partial charge on any atom is 0.311 e. The molecule has 0 spiro atoms. The number of carboxylic acid groups (broad SMARTS) is 1. The number of likely N-dealkylation sites (tertiary alicyclic amines) is 1. The highest BCUT2D eigenvalue weighted by Crippen LogP contribution is 2.29. The number of benzene rings is 1. The van der Waals surface area contributed by atoms with Gasteiger partial charge in [0.05, 0.1) is 5.41 Å². The quantitative estimate of drug-likeness (QED) is 0.926. The van der Waals surface area contributed by atoms with Gasteiger partial charge < -0.3 is 14.7 Å². The highest BCUT2D eigenvalue weighted by Gasteiger charge is 2.39. The molecule has 1 fully saturated rings. The molecular weight excluding hydrogens is 289 g/mol. The fraction of sp³-hybridized carbons (Fsp3) is 0.500. The van der Waals surface area contributed by atoms with Gasteiger partial charge in [0.25, 0.3) is 5.91 Å². The monoisotopic (exact) mass is 309 g/mol. The fourth-order valence-corrected chi connectivity index (χ4v) is 2.58. The zero-order valence-electron chi connectivity index (χ0n) is 12.8. The van der Waals surface area contributed by atoms with Crippen molar-refractivity contribution in [1.82, 2.24) is 4.90 Å². The van der Waals surface area contributed by atoms with Gasteiger partial charge in [-0.05, 0) is 44.4 Å². The first-order chi connectivity index (χ1) is 10.3. The molecule has 2 rings (SSSR count). The molecule has 1 amide bonds. The number of piperidine rings is 1. The van der Waals surface area contributed by atoms with Crippen molar-refractivity contribution >= 4 is 11.9 Å². The normalized spacial score (nSPS) is 21.5. The van der Waals surface area contributed by atoms with Crippen molar-refractivity contribution in [3.63, 3.8) is 0 Å². The molecule has 0 aliphatic carbocycles. The average molecular weight is 309 g/mol. The Kier molecular flexibility index (Phi) is 4.68. The molecule has 1 atom stereocenters. The molecule has 0 bridgehead atoms. The third-order valence-corrected chi connectivity index (χ3v) is 4.00. The number of halogens is 1. The summed E-state index contributed by atoms with van der Waals surface area (Å²) in [6, 6.07) is 4.44. The van der Waals surface area contributed by atoms with Crippen molar-refractivity contribution in [2.24, 2.45) is 5.41 Å². The van der Waals surface area contributed by atoms with E-state index in [1.165, 1.54) is 17.0 Å². The SMILES string of the molecule is Cc1ccc(F)c(OCC(=O)N2CCCC(C)(C(=O)O)C2)c1. The molecule has 6 heteroatoms. The van der Waals surface area contributed by atoms with Gasteiger partial charge in [-0.3, -0.25) is 9.59 Å². The molecule has 1 aliphatic heterocycles. The number of carboxylic acids is 1. The highest BCUT2D eigenvalue weighted by molar-refractivity contribution is 5.80. The Bertz CT molecular complexity index is 590. The van der Waals surface area contributed by atoms with Gasteiger partial charge in [-0.15, -0.1) is 0 Å². The largest absolute Gasteiger partial charge is 0.481 e. The van der Waals surface area contributed by atoms with E-state index in [1.807, 2.05) is 0 Å². The third-order valence-electron chi connectivity index (χ3n) is 4.00. The topological polar surface area (TPSA) is 66.8 Å². The van der Waals surface area contributed by atoms with Gasteiger partial charge in [-0.25, -0.2) is 4.39 Å². The Hall–Kier alpha value is -2.11. The van der Waals surface area contributed by atoms with Crippen LogP contribution in [0.5, 0.6) is 5.75 Å². The summed E-state index contributed by atoms with van der Waals surface area (Å²) in [5.41, 5.74) is -0.0945. The summed E-state index contributed by atoms with van der Waals surface area (Å²) >= 11 is 0. The molecular formula is C16H20FNO4. The third kappa shape index (κ3) is 3.55. The van der Waals surface area contributed by atoms with Crippen LogP contribution < -0.4 is 4.74 Å². The molecule has 1 aromatic carbocycles. The Balaban J connectivity index is 1.97. The maximum atomic E-state index is 13.6. The van der Waals surface area contributed by atoms with Gasteiger partial charge in [0.2, 0.25) is 0 Å². The first-order valence-electron chi connectivity index (χ1n) is 7.22. The average Bonchev–Trinajstić information content (AvgIpc) is 2.47. The second-order valence-electron chi connectivity index (χ2n) is 6.01. The molecule has 1 saturated heterocycles. The predicted molar refractivity (Wildman–Crippen MR) is 78.2 cm³/mol. The lowest BCUT2D eigenvalue weighted by Crippen LogP contribution is -2.49. The fourth-order valence-electron chi connectivity index (χ4n) is 2.58. The number of nitrogens with zero attached hydrogens (tertiary/aromatic N) is 1. The Labute approximate surface area is 128 Å². The van der Waals surface area contributed by atoms with E-state index in [4.69, 9.17) is 4.74 Å². The first kappa shape index (κ1) is 16.3. The van der Waals surface area contributed by atoms with Crippen LogP contribution in [0.25, 0.3) is 0 Å². The molecule has 22 heavy (non-hydrogen) atoms. The van der Waals surface area contributed by atoms with Gasteiger partial charge in [0, 0.05) is 13.1 Å². The minimum absolute atomic E-state index is 0.0337. The summed E-state index contributed by atoms with van der Waals surface area (Å²) in [7, 11) is 0. The van der Waals surface area contributed by atoms with Crippen LogP contribution >= 0.6 is 0 Å². The molecule has 1 aromatic rings. The minimum Gasteiger partial charge on any atom is -0.481 e. The van der Waals surface area contributed by atoms with Crippen LogP contribution in [0.3, 0.4) is 0 Å². The number of aliphatic carboxylic acids is 1. The summed E-state index contributed by atoms with van der Waals surface area (Å²) in [5, 5.41) is 9.25. The molecule has 0 saturated carbocycles. The van der Waals surface area contributed by atoms with E-state index >= 15 is 0 Å². The van der Waals surface area contributed by atoms with Gasteiger partial charge in [0.1, 0.15) is 0 Å². The van der Waals surface area contributed by atoms with E-state index in [9.17, 15) is 19.1 Å². The molecule has 0 radical (unpaired) electrons. The number of carbonyl (C=O) groups excluding carboxylic acids is 1. The molecule has 120 valence electrons. The summed E-state index contributed by atoms with van der Waals surface area (Å²) < 4.78 is 18.8. The van der Waals surface area contributed by atoms with Crippen LogP contribution in [0.2, 0.25) is 0 Å². The molecule has 1 aliphatic rings. The van der Waals surface area contributed by atoms with E-state index in [-0.39, 0.29) is 24.8 Å². The number of carbonyl (C=O) groups is 2. The lowest BCUT2D eigenvalue weighted by Gasteiger charge is -2.37. The number of hydrogen-bond donors (Lipinski definition) is 1. The summed E-state index contributed by atoms with van der Waals surface area (Å²) in [6.07, 6.45) is 1.17. The van der Waals surface area contributed by atoms with E-state index in [2.05, 4.69) is 0 Å². The summed E-state index contributed by atoms with van der Waals surface area (Å²) in [5.74, 6) is -1.72. The number of aryl methyl sites for hydroxylation is 1. The van der Waals surface area contributed by atoms with E-state index < -0.39 is 17.2 Å². The Morgan fingerprint density at radius 2 is 2.18 bits per heavy atom. The van der Waals surface area contributed by atoms with Crippen LogP contribution in [0.1, 0.15) is 25.3 Å². The van der Waals surface area contributed by atoms with Gasteiger partial charge >= 0.3 is 5.97 Å². The molecule has 1 N–H and O–H groups in total. The molecule has 0 aromatic heterocycles. The van der Waals surface area contributed by atoms with Crippen molar-refractivity contribution < 1.29 is 23.8 Å². The van der Waals surface area contributed by atoms with E-state index in [0.717, 1.165) is 5.56 Å². The Morgan fingerprint density at radius 3 is 2.86 bits per heavy atom. The van der Waals surface area contributed by atoms with Crippen LogP contribution in [0.15, 0.2) is 18.2 Å². The predicted octanol–water partition coefficient (Wildman–Crippen LogP) is 2.23. The van der Waals surface area contributed by atoms with Crippen LogP contribution in [0, 0.1) is 18.2 Å². The summed E-state index contributed by atoms with van der Waals surface area (Å²) in [4.78, 5) is 24.9. The van der Waals surface area contributed by atoms with Gasteiger partial charge in [-0.2, -0.15) is 0 Å². The number of hydrogen-bond acceptors (Lipinski definition) is 3. The number of ether oxygens (including phenoxy) is 1. The minimum atomic E-state index is -0.928. The van der Waals surface area contributed by atoms with Crippen molar-refractivity contribution in [3.8, 4) is 5.75 Å².